The van der Waals surface area contributed by atoms with Crippen LogP contribution in [-0.2, 0) is 9.59 Å². The molecule has 1 aliphatic carbocycles. The van der Waals surface area contributed by atoms with Gasteiger partial charge in [-0.25, -0.2) is 0 Å². The van der Waals surface area contributed by atoms with Gasteiger partial charge >= 0.3 is 0 Å². The zero-order chi connectivity index (χ0) is 38.2. The highest BCUT2D eigenvalue weighted by atomic mass is 16.2. The molecule has 2 aliphatic rings. The smallest absolute Gasteiger partial charge is 0.247 e. The van der Waals surface area contributed by atoms with Crippen LogP contribution in [0.15, 0.2) is 11.8 Å². The Labute approximate surface area is 331 Å². The summed E-state index contributed by atoms with van der Waals surface area (Å²) in [5, 5.41) is 3.44. The molecule has 0 bridgehead atoms. The van der Waals surface area contributed by atoms with Crippen molar-refractivity contribution in [3.8, 4) is 0 Å². The topological polar surface area (TPSA) is 52.7 Å². The van der Waals surface area contributed by atoms with Crippen molar-refractivity contribution in [2.75, 3.05) is 19.6 Å². The van der Waals surface area contributed by atoms with E-state index < -0.39 is 0 Å². The third-order valence-electron chi connectivity index (χ3n) is 12.6. The van der Waals surface area contributed by atoms with Crippen molar-refractivity contribution < 1.29 is 9.59 Å². The molecule has 0 aromatic heterocycles. The van der Waals surface area contributed by atoms with Crippen molar-refractivity contribution in [3.05, 3.63) is 11.8 Å². The molecule has 5 heteroatoms. The number of hydrogen-bond donors (Lipinski definition) is 1. The van der Waals surface area contributed by atoms with Crippen LogP contribution in [0.1, 0.15) is 246 Å². The molecule has 0 spiro atoms. The molecule has 1 aliphatic heterocycles. The third-order valence-corrected chi connectivity index (χ3v) is 12.6. The summed E-state index contributed by atoms with van der Waals surface area (Å²) in [6.07, 6.45) is 43.6. The van der Waals surface area contributed by atoms with Gasteiger partial charge in [0.25, 0.3) is 0 Å². The van der Waals surface area contributed by atoms with Crippen LogP contribution in [0, 0.1) is 5.92 Å². The zero-order valence-electron chi connectivity index (χ0n) is 36.2. The first-order valence-electron chi connectivity index (χ1n) is 24.1. The Kier molecular flexibility index (Phi) is 29.6. The summed E-state index contributed by atoms with van der Waals surface area (Å²) >= 11 is 0. The molecular formula is C48H91N3O2. The highest BCUT2D eigenvalue weighted by Crippen LogP contribution is 2.31. The lowest BCUT2D eigenvalue weighted by Crippen LogP contribution is -2.58. The molecule has 1 unspecified atom stereocenters. The SMILES string of the molecule is CCCCCCCCCCCCCCCC(=O)N(C(CCCCCCCC)CCCCCCCC)C(C(=O)NC1=CCCCC1)C1CCN(CC)CC1. The monoisotopic (exact) mass is 742 g/mol. The molecular weight excluding hydrogens is 651 g/mol. The number of allylic oxidation sites excluding steroid dienone is 2. The number of unbranched alkanes of at least 4 members (excludes halogenated alkanes) is 22. The van der Waals surface area contributed by atoms with Gasteiger partial charge in [-0.3, -0.25) is 9.59 Å². The van der Waals surface area contributed by atoms with Gasteiger partial charge in [-0.2, -0.15) is 0 Å². The summed E-state index contributed by atoms with van der Waals surface area (Å²) in [5.74, 6) is 0.614. The standard InChI is InChI=1S/C48H91N3O2/c1-5-9-12-15-18-19-20-21-22-23-24-27-33-38-46(52)51(45(36-31-25-16-13-10-6-2)37-32-26-17-14-11-7-3)47(43-39-41-50(8-4)42-40-43)48(53)49-44-34-29-28-30-35-44/h34,43,45,47H,5-33,35-42H2,1-4H3,(H,49,53). The van der Waals surface area contributed by atoms with E-state index in [2.05, 4.69) is 48.9 Å². The van der Waals surface area contributed by atoms with E-state index in [0.29, 0.717) is 6.42 Å². The van der Waals surface area contributed by atoms with E-state index in [1.54, 1.807) is 0 Å². The third kappa shape index (κ3) is 22.1. The summed E-state index contributed by atoms with van der Waals surface area (Å²) in [6.45, 7) is 12.3. The van der Waals surface area contributed by atoms with Crippen molar-refractivity contribution in [1.29, 1.82) is 0 Å². The molecule has 0 aromatic rings. The van der Waals surface area contributed by atoms with Crippen LogP contribution in [0.2, 0.25) is 0 Å². The average molecular weight is 742 g/mol. The van der Waals surface area contributed by atoms with Crippen molar-refractivity contribution in [2.45, 2.75) is 258 Å². The minimum Gasteiger partial charge on any atom is -0.328 e. The summed E-state index contributed by atoms with van der Waals surface area (Å²) in [6, 6.07) is -0.182. The summed E-state index contributed by atoms with van der Waals surface area (Å²) in [5.41, 5.74) is 1.10. The van der Waals surface area contributed by atoms with Crippen molar-refractivity contribution in [1.82, 2.24) is 15.1 Å². The van der Waals surface area contributed by atoms with E-state index >= 15 is 0 Å². The van der Waals surface area contributed by atoms with E-state index in [9.17, 15) is 9.59 Å². The molecule has 2 rings (SSSR count). The molecule has 1 N–H and O–H groups in total. The van der Waals surface area contributed by atoms with E-state index in [1.165, 1.54) is 154 Å². The number of nitrogens with zero attached hydrogens (tertiary/aromatic N) is 2. The number of rotatable bonds is 34. The van der Waals surface area contributed by atoms with Crippen LogP contribution in [0.25, 0.3) is 0 Å². The number of hydrogen-bond acceptors (Lipinski definition) is 3. The molecule has 1 saturated heterocycles. The lowest BCUT2D eigenvalue weighted by Gasteiger charge is -2.44. The van der Waals surface area contributed by atoms with E-state index in [0.717, 1.165) is 83.1 Å². The van der Waals surface area contributed by atoms with Gasteiger partial charge in [0, 0.05) is 18.2 Å². The van der Waals surface area contributed by atoms with Crippen LogP contribution in [0.3, 0.4) is 0 Å². The van der Waals surface area contributed by atoms with Crippen molar-refractivity contribution in [3.63, 3.8) is 0 Å². The Hall–Kier alpha value is -1.36. The molecule has 1 heterocycles. The highest BCUT2D eigenvalue weighted by molar-refractivity contribution is 5.89. The van der Waals surface area contributed by atoms with E-state index in [4.69, 9.17) is 0 Å². The number of likely N-dealkylation sites (tertiary alicyclic amines) is 1. The van der Waals surface area contributed by atoms with Gasteiger partial charge < -0.3 is 15.1 Å². The summed E-state index contributed by atoms with van der Waals surface area (Å²) in [4.78, 5) is 34.2. The van der Waals surface area contributed by atoms with Gasteiger partial charge in [-0.15, -0.1) is 0 Å². The second kappa shape index (κ2) is 32.8. The number of carbonyl (C=O) groups excluding carboxylic acids is 2. The number of carbonyl (C=O) groups is 2. The lowest BCUT2D eigenvalue weighted by molar-refractivity contribution is -0.147. The molecule has 0 saturated carbocycles. The minimum absolute atomic E-state index is 0.114. The first kappa shape index (κ1) is 47.8. The lowest BCUT2D eigenvalue weighted by atomic mass is 9.85. The minimum atomic E-state index is -0.350. The fourth-order valence-electron chi connectivity index (χ4n) is 9.09. The average Bonchev–Trinajstić information content (AvgIpc) is 3.18. The maximum absolute atomic E-state index is 14.8. The van der Waals surface area contributed by atoms with Crippen LogP contribution < -0.4 is 5.32 Å². The largest absolute Gasteiger partial charge is 0.328 e. The summed E-state index contributed by atoms with van der Waals surface area (Å²) in [7, 11) is 0. The molecule has 2 amide bonds. The second-order valence-electron chi connectivity index (χ2n) is 17.2. The molecule has 1 atom stereocenters. The predicted molar refractivity (Wildman–Crippen MR) is 230 cm³/mol. The van der Waals surface area contributed by atoms with E-state index in [-0.39, 0.29) is 29.8 Å². The quantitative estimate of drug-likeness (QED) is 0.0668. The highest BCUT2D eigenvalue weighted by Gasteiger charge is 2.41. The zero-order valence-corrected chi connectivity index (χ0v) is 36.2. The van der Waals surface area contributed by atoms with Crippen LogP contribution in [0.4, 0.5) is 0 Å². The van der Waals surface area contributed by atoms with Gasteiger partial charge in [-0.05, 0) is 83.3 Å². The van der Waals surface area contributed by atoms with Crippen LogP contribution in [-0.4, -0.2) is 53.3 Å². The van der Waals surface area contributed by atoms with Gasteiger partial charge in [0.05, 0.1) is 0 Å². The number of nitrogens with one attached hydrogen (secondary N) is 1. The van der Waals surface area contributed by atoms with Crippen molar-refractivity contribution >= 4 is 11.8 Å². The Balaban J connectivity index is 2.17. The van der Waals surface area contributed by atoms with Gasteiger partial charge in [0.1, 0.15) is 6.04 Å². The summed E-state index contributed by atoms with van der Waals surface area (Å²) < 4.78 is 0. The Morgan fingerprint density at radius 3 is 1.53 bits per heavy atom. The Morgan fingerprint density at radius 1 is 0.642 bits per heavy atom. The second-order valence-corrected chi connectivity index (χ2v) is 17.2. The fraction of sp³-hybridized carbons (Fsp3) is 0.917. The maximum Gasteiger partial charge on any atom is 0.247 e. The molecule has 53 heavy (non-hydrogen) atoms. The number of piperidine rings is 1. The first-order chi connectivity index (χ1) is 26.0. The Bertz CT molecular complexity index is 894. The van der Waals surface area contributed by atoms with Gasteiger partial charge in [-0.1, -0.05) is 188 Å². The molecule has 310 valence electrons. The molecule has 1 fully saturated rings. The van der Waals surface area contributed by atoms with Crippen LogP contribution >= 0.6 is 0 Å². The Morgan fingerprint density at radius 2 is 1.09 bits per heavy atom. The molecule has 0 radical (unpaired) electrons. The van der Waals surface area contributed by atoms with E-state index in [1.807, 2.05) is 0 Å². The van der Waals surface area contributed by atoms with Gasteiger partial charge in [0.2, 0.25) is 11.8 Å². The maximum atomic E-state index is 14.8. The van der Waals surface area contributed by atoms with Crippen molar-refractivity contribution in [2.24, 2.45) is 5.92 Å². The molecule has 5 nitrogen and oxygen atoms in total. The number of amides is 2. The van der Waals surface area contributed by atoms with Crippen LogP contribution in [0.5, 0.6) is 0 Å². The van der Waals surface area contributed by atoms with Gasteiger partial charge in [0.15, 0.2) is 0 Å². The fourth-order valence-corrected chi connectivity index (χ4v) is 9.09. The normalized spacial score (nSPS) is 16.2. The predicted octanol–water partition coefficient (Wildman–Crippen LogP) is 13.8. The molecule has 0 aromatic carbocycles. The first-order valence-corrected chi connectivity index (χ1v) is 24.1.